The van der Waals surface area contributed by atoms with Gasteiger partial charge in [0.15, 0.2) is 0 Å². The largest absolute Gasteiger partial charge is 0.315 e. The van der Waals surface area contributed by atoms with Crippen LogP contribution < -0.4 is 5.32 Å². The average Bonchev–Trinajstić information content (AvgIpc) is 3.01. The number of hydrogen-bond donors (Lipinski definition) is 1. The Morgan fingerprint density at radius 2 is 1.94 bits per heavy atom. The molecule has 1 heterocycles. The van der Waals surface area contributed by atoms with Crippen LogP contribution in [0, 0.1) is 17.8 Å². The lowest BCUT2D eigenvalue weighted by molar-refractivity contribution is 0.298. The predicted molar refractivity (Wildman–Crippen MR) is 67.5 cm³/mol. The Hall–Kier alpha value is -0.0800. The van der Waals surface area contributed by atoms with Crippen LogP contribution in [-0.4, -0.2) is 37.6 Å². The fourth-order valence-electron chi connectivity index (χ4n) is 4.16. The van der Waals surface area contributed by atoms with Crippen molar-refractivity contribution in [3.05, 3.63) is 0 Å². The van der Waals surface area contributed by atoms with Gasteiger partial charge in [-0.25, -0.2) is 0 Å². The molecule has 0 aromatic carbocycles. The van der Waals surface area contributed by atoms with E-state index in [-0.39, 0.29) is 0 Å². The first-order valence-electron chi connectivity index (χ1n) is 7.35. The Kier molecular flexibility index (Phi) is 3.49. The van der Waals surface area contributed by atoms with Gasteiger partial charge < -0.3 is 10.2 Å². The van der Waals surface area contributed by atoms with Crippen molar-refractivity contribution in [2.75, 3.05) is 32.7 Å². The molecule has 3 unspecified atom stereocenters. The monoisotopic (exact) mass is 222 g/mol. The second-order valence-corrected chi connectivity index (χ2v) is 6.19. The molecular formula is C14H26N2. The van der Waals surface area contributed by atoms with Gasteiger partial charge in [-0.3, -0.25) is 0 Å². The number of fused-ring (bicyclic) bond motifs is 2. The summed E-state index contributed by atoms with van der Waals surface area (Å²) >= 11 is 0. The van der Waals surface area contributed by atoms with E-state index in [1.54, 1.807) is 6.42 Å². The third-order valence-corrected chi connectivity index (χ3v) is 5.09. The normalized spacial score (nSPS) is 38.6. The smallest absolute Gasteiger partial charge is 0.0107 e. The first-order valence-corrected chi connectivity index (χ1v) is 7.35. The summed E-state index contributed by atoms with van der Waals surface area (Å²) in [6, 6.07) is 0. The molecule has 1 aliphatic heterocycles. The van der Waals surface area contributed by atoms with E-state index in [0.717, 1.165) is 17.8 Å². The van der Waals surface area contributed by atoms with E-state index in [0.29, 0.717) is 0 Å². The molecule has 3 rings (SSSR count). The Labute approximate surface area is 99.8 Å². The SMILES string of the molecule is C1CCN(CCNCC2CC3CCC2C3)C1. The maximum Gasteiger partial charge on any atom is 0.0107 e. The highest BCUT2D eigenvalue weighted by molar-refractivity contribution is 4.90. The van der Waals surface area contributed by atoms with Gasteiger partial charge in [-0.05, 0) is 69.5 Å². The third-order valence-electron chi connectivity index (χ3n) is 5.09. The molecule has 2 nitrogen and oxygen atoms in total. The maximum absolute atomic E-state index is 3.70. The number of nitrogens with one attached hydrogen (secondary N) is 1. The lowest BCUT2D eigenvalue weighted by Crippen LogP contribution is -2.33. The second-order valence-electron chi connectivity index (χ2n) is 6.19. The topological polar surface area (TPSA) is 15.3 Å². The standard InChI is InChI=1S/C14H26N2/c1-2-7-16(6-1)8-5-15-11-14-10-12-3-4-13(14)9-12/h12-15H,1-11H2. The highest BCUT2D eigenvalue weighted by atomic mass is 15.1. The number of rotatable bonds is 5. The van der Waals surface area contributed by atoms with Crippen LogP contribution in [0.4, 0.5) is 0 Å². The molecule has 3 fully saturated rings. The average molecular weight is 222 g/mol. The quantitative estimate of drug-likeness (QED) is 0.717. The first kappa shape index (κ1) is 11.0. The number of nitrogens with zero attached hydrogens (tertiary/aromatic N) is 1. The van der Waals surface area contributed by atoms with Crippen LogP contribution in [-0.2, 0) is 0 Å². The second kappa shape index (κ2) is 5.05. The molecule has 3 atom stereocenters. The molecule has 2 bridgehead atoms. The minimum absolute atomic E-state index is 1.03. The number of likely N-dealkylation sites (tertiary alicyclic amines) is 1. The van der Waals surface area contributed by atoms with Gasteiger partial charge in [-0.1, -0.05) is 6.42 Å². The first-order chi connectivity index (χ1) is 7.92. The molecule has 92 valence electrons. The van der Waals surface area contributed by atoms with Gasteiger partial charge in [0.2, 0.25) is 0 Å². The van der Waals surface area contributed by atoms with Crippen LogP contribution >= 0.6 is 0 Å². The minimum atomic E-state index is 1.03. The third kappa shape index (κ3) is 2.43. The van der Waals surface area contributed by atoms with E-state index in [4.69, 9.17) is 0 Å². The molecule has 2 heteroatoms. The molecule has 3 aliphatic rings. The van der Waals surface area contributed by atoms with Gasteiger partial charge in [-0.2, -0.15) is 0 Å². The van der Waals surface area contributed by atoms with Gasteiger partial charge in [0, 0.05) is 13.1 Å². The summed E-state index contributed by atoms with van der Waals surface area (Å²) in [6.45, 7) is 6.48. The van der Waals surface area contributed by atoms with Crippen molar-refractivity contribution in [3.63, 3.8) is 0 Å². The fourth-order valence-corrected chi connectivity index (χ4v) is 4.16. The van der Waals surface area contributed by atoms with Gasteiger partial charge in [0.1, 0.15) is 0 Å². The summed E-state index contributed by atoms with van der Waals surface area (Å²) in [5.41, 5.74) is 0. The van der Waals surface area contributed by atoms with Gasteiger partial charge in [0.25, 0.3) is 0 Å². The van der Waals surface area contributed by atoms with Crippen molar-refractivity contribution >= 4 is 0 Å². The summed E-state index contributed by atoms with van der Waals surface area (Å²) in [6.07, 6.45) is 9.00. The number of hydrogen-bond acceptors (Lipinski definition) is 2. The van der Waals surface area contributed by atoms with Crippen molar-refractivity contribution in [3.8, 4) is 0 Å². The van der Waals surface area contributed by atoms with Crippen LogP contribution in [0.5, 0.6) is 0 Å². The molecule has 0 radical (unpaired) electrons. The van der Waals surface area contributed by atoms with Gasteiger partial charge in [0.05, 0.1) is 0 Å². The molecule has 0 spiro atoms. The van der Waals surface area contributed by atoms with Crippen molar-refractivity contribution in [1.29, 1.82) is 0 Å². The molecule has 0 aromatic heterocycles. The lowest BCUT2D eigenvalue weighted by atomic mass is 9.89. The Bertz CT molecular complexity index is 223. The van der Waals surface area contributed by atoms with Crippen LogP contribution in [0.1, 0.15) is 38.5 Å². The van der Waals surface area contributed by atoms with Crippen LogP contribution in [0.3, 0.4) is 0 Å². The van der Waals surface area contributed by atoms with Crippen molar-refractivity contribution < 1.29 is 0 Å². The van der Waals surface area contributed by atoms with E-state index >= 15 is 0 Å². The molecule has 0 amide bonds. The highest BCUT2D eigenvalue weighted by Gasteiger charge is 2.38. The van der Waals surface area contributed by atoms with Gasteiger partial charge in [-0.15, -0.1) is 0 Å². The fraction of sp³-hybridized carbons (Fsp3) is 1.00. The van der Waals surface area contributed by atoms with E-state index in [2.05, 4.69) is 10.2 Å². The van der Waals surface area contributed by atoms with E-state index in [1.165, 1.54) is 64.8 Å². The molecule has 2 aliphatic carbocycles. The van der Waals surface area contributed by atoms with Crippen LogP contribution in [0.15, 0.2) is 0 Å². The lowest BCUT2D eigenvalue weighted by Gasteiger charge is -2.22. The van der Waals surface area contributed by atoms with Crippen molar-refractivity contribution in [2.24, 2.45) is 17.8 Å². The van der Waals surface area contributed by atoms with E-state index < -0.39 is 0 Å². The predicted octanol–water partition coefficient (Wildman–Crippen LogP) is 2.11. The molecule has 1 saturated heterocycles. The summed E-state index contributed by atoms with van der Waals surface area (Å²) < 4.78 is 0. The molecule has 2 saturated carbocycles. The van der Waals surface area contributed by atoms with Crippen molar-refractivity contribution in [2.45, 2.75) is 38.5 Å². The van der Waals surface area contributed by atoms with Gasteiger partial charge >= 0.3 is 0 Å². The molecular weight excluding hydrogens is 196 g/mol. The summed E-state index contributed by atoms with van der Waals surface area (Å²) in [5, 5.41) is 3.70. The molecule has 16 heavy (non-hydrogen) atoms. The van der Waals surface area contributed by atoms with Crippen LogP contribution in [0.25, 0.3) is 0 Å². The summed E-state index contributed by atoms with van der Waals surface area (Å²) in [4.78, 5) is 2.60. The molecule has 1 N–H and O–H groups in total. The minimum Gasteiger partial charge on any atom is -0.315 e. The van der Waals surface area contributed by atoms with E-state index in [9.17, 15) is 0 Å². The molecule has 0 aromatic rings. The van der Waals surface area contributed by atoms with Crippen molar-refractivity contribution in [1.82, 2.24) is 10.2 Å². The zero-order chi connectivity index (χ0) is 10.8. The Balaban J connectivity index is 1.29. The summed E-state index contributed by atoms with van der Waals surface area (Å²) in [7, 11) is 0. The highest BCUT2D eigenvalue weighted by Crippen LogP contribution is 2.47. The zero-order valence-electron chi connectivity index (χ0n) is 10.5. The van der Waals surface area contributed by atoms with Crippen LogP contribution in [0.2, 0.25) is 0 Å². The Morgan fingerprint density at radius 3 is 2.62 bits per heavy atom. The zero-order valence-corrected chi connectivity index (χ0v) is 10.5. The summed E-state index contributed by atoms with van der Waals surface area (Å²) in [5.74, 6) is 3.22. The van der Waals surface area contributed by atoms with E-state index in [1.807, 2.05) is 0 Å². The maximum atomic E-state index is 3.70. The Morgan fingerprint density at radius 1 is 1.06 bits per heavy atom.